The van der Waals surface area contributed by atoms with E-state index in [1.54, 1.807) is 6.07 Å². The van der Waals surface area contributed by atoms with E-state index in [4.69, 9.17) is 23.2 Å². The van der Waals surface area contributed by atoms with Crippen LogP contribution in [0, 0.1) is 0 Å². The molecular formula is C17H16Cl2N2. The number of aromatic nitrogens is 1. The zero-order chi connectivity index (χ0) is 14.8. The molecule has 0 aliphatic rings. The van der Waals surface area contributed by atoms with E-state index >= 15 is 0 Å². The molecule has 0 fully saturated rings. The lowest BCUT2D eigenvalue weighted by atomic mass is 10.1. The summed E-state index contributed by atoms with van der Waals surface area (Å²) in [6, 6.07) is 14.1. The number of para-hydroxylation sites is 1. The Morgan fingerprint density at radius 1 is 1.14 bits per heavy atom. The van der Waals surface area contributed by atoms with E-state index in [1.165, 1.54) is 10.9 Å². The van der Waals surface area contributed by atoms with Gasteiger partial charge in [-0.2, -0.15) is 0 Å². The summed E-state index contributed by atoms with van der Waals surface area (Å²) in [7, 11) is 0. The fraction of sp³-hybridized carbons (Fsp3) is 0.176. The van der Waals surface area contributed by atoms with Crippen LogP contribution in [-0.2, 0) is 6.54 Å². The van der Waals surface area contributed by atoms with Gasteiger partial charge in [-0.25, -0.2) is 0 Å². The van der Waals surface area contributed by atoms with Crippen molar-refractivity contribution in [3.8, 4) is 0 Å². The summed E-state index contributed by atoms with van der Waals surface area (Å²) in [6.45, 7) is 2.88. The average molecular weight is 319 g/mol. The first-order valence-corrected chi connectivity index (χ1v) is 7.64. The number of halogens is 2. The van der Waals surface area contributed by atoms with E-state index in [-0.39, 0.29) is 6.04 Å². The van der Waals surface area contributed by atoms with Crippen molar-refractivity contribution in [1.82, 2.24) is 10.3 Å². The minimum atomic E-state index is 0.156. The van der Waals surface area contributed by atoms with E-state index in [2.05, 4.69) is 35.4 Å². The quantitative estimate of drug-likeness (QED) is 0.669. The molecule has 0 saturated carbocycles. The topological polar surface area (TPSA) is 27.8 Å². The number of fused-ring (bicyclic) bond motifs is 1. The molecule has 1 unspecified atom stereocenters. The van der Waals surface area contributed by atoms with Gasteiger partial charge in [0.1, 0.15) is 0 Å². The van der Waals surface area contributed by atoms with Gasteiger partial charge in [-0.1, -0.05) is 47.5 Å². The predicted molar refractivity (Wildman–Crippen MR) is 90.0 cm³/mol. The lowest BCUT2D eigenvalue weighted by Gasteiger charge is -2.15. The maximum Gasteiger partial charge on any atom is 0.0468 e. The smallest absolute Gasteiger partial charge is 0.0468 e. The molecule has 0 amide bonds. The third-order valence-electron chi connectivity index (χ3n) is 3.70. The number of H-pyrrole nitrogens is 1. The van der Waals surface area contributed by atoms with Crippen molar-refractivity contribution in [1.29, 1.82) is 0 Å². The van der Waals surface area contributed by atoms with Crippen LogP contribution in [0.3, 0.4) is 0 Å². The lowest BCUT2D eigenvalue weighted by molar-refractivity contribution is 0.576. The Morgan fingerprint density at radius 2 is 1.95 bits per heavy atom. The normalized spacial score (nSPS) is 12.7. The van der Waals surface area contributed by atoms with Gasteiger partial charge in [0, 0.05) is 39.7 Å². The Morgan fingerprint density at radius 3 is 2.76 bits per heavy atom. The summed E-state index contributed by atoms with van der Waals surface area (Å²) in [6.07, 6.45) is 2.05. The summed E-state index contributed by atoms with van der Waals surface area (Å²) < 4.78 is 0. The monoisotopic (exact) mass is 318 g/mol. The van der Waals surface area contributed by atoms with Crippen LogP contribution in [0.15, 0.2) is 48.7 Å². The minimum Gasteiger partial charge on any atom is -0.361 e. The molecule has 0 saturated heterocycles. The molecule has 4 heteroatoms. The zero-order valence-corrected chi connectivity index (χ0v) is 13.2. The largest absolute Gasteiger partial charge is 0.361 e. The van der Waals surface area contributed by atoms with Gasteiger partial charge in [0.15, 0.2) is 0 Å². The molecule has 0 aliphatic heterocycles. The highest BCUT2D eigenvalue weighted by atomic mass is 35.5. The molecule has 0 aliphatic carbocycles. The SMILES string of the molecule is CC(NCc1c[nH]c2ccccc12)c1ccc(Cl)cc1Cl. The predicted octanol–water partition coefficient (Wildman–Crippen LogP) is 5.33. The van der Waals surface area contributed by atoms with Crippen LogP contribution < -0.4 is 5.32 Å². The highest BCUT2D eigenvalue weighted by molar-refractivity contribution is 6.35. The van der Waals surface area contributed by atoms with Crippen LogP contribution in [0.25, 0.3) is 10.9 Å². The van der Waals surface area contributed by atoms with Gasteiger partial charge in [-0.15, -0.1) is 0 Å². The molecule has 3 rings (SSSR count). The highest BCUT2D eigenvalue weighted by Crippen LogP contribution is 2.26. The summed E-state index contributed by atoms with van der Waals surface area (Å²) in [4.78, 5) is 3.29. The molecule has 0 bridgehead atoms. The average Bonchev–Trinajstić information content (AvgIpc) is 2.88. The van der Waals surface area contributed by atoms with Crippen LogP contribution in [0.4, 0.5) is 0 Å². The van der Waals surface area contributed by atoms with Crippen molar-refractivity contribution in [3.05, 3.63) is 69.8 Å². The van der Waals surface area contributed by atoms with Crippen LogP contribution in [0.2, 0.25) is 10.0 Å². The van der Waals surface area contributed by atoms with Gasteiger partial charge in [0.25, 0.3) is 0 Å². The van der Waals surface area contributed by atoms with Crippen LogP contribution in [-0.4, -0.2) is 4.98 Å². The first-order valence-electron chi connectivity index (χ1n) is 6.88. The Kier molecular flexibility index (Phi) is 4.20. The molecule has 1 aromatic heterocycles. The van der Waals surface area contributed by atoms with Gasteiger partial charge < -0.3 is 10.3 Å². The molecule has 1 heterocycles. The number of benzene rings is 2. The molecule has 2 aromatic carbocycles. The number of aromatic amines is 1. The molecular weight excluding hydrogens is 303 g/mol. The number of nitrogens with one attached hydrogen (secondary N) is 2. The molecule has 1 atom stereocenters. The van der Waals surface area contributed by atoms with E-state index in [9.17, 15) is 0 Å². The van der Waals surface area contributed by atoms with E-state index in [0.717, 1.165) is 17.6 Å². The van der Waals surface area contributed by atoms with Crippen molar-refractivity contribution in [2.24, 2.45) is 0 Å². The third kappa shape index (κ3) is 3.08. The Balaban J connectivity index is 1.75. The Bertz CT molecular complexity index is 764. The van der Waals surface area contributed by atoms with E-state index in [1.807, 2.05) is 24.4 Å². The fourth-order valence-corrected chi connectivity index (χ4v) is 3.08. The van der Waals surface area contributed by atoms with Gasteiger partial charge in [0.2, 0.25) is 0 Å². The van der Waals surface area contributed by atoms with Gasteiger partial charge in [-0.05, 0) is 36.2 Å². The van der Waals surface area contributed by atoms with Crippen molar-refractivity contribution >= 4 is 34.1 Å². The second kappa shape index (κ2) is 6.10. The van der Waals surface area contributed by atoms with Crippen molar-refractivity contribution in [2.75, 3.05) is 0 Å². The van der Waals surface area contributed by atoms with Crippen LogP contribution >= 0.6 is 23.2 Å². The molecule has 0 spiro atoms. The number of hydrogen-bond donors (Lipinski definition) is 2. The molecule has 2 nitrogen and oxygen atoms in total. The molecule has 21 heavy (non-hydrogen) atoms. The first-order chi connectivity index (χ1) is 10.1. The summed E-state index contributed by atoms with van der Waals surface area (Å²) in [5, 5.41) is 6.11. The van der Waals surface area contributed by atoms with Crippen molar-refractivity contribution in [2.45, 2.75) is 19.5 Å². The van der Waals surface area contributed by atoms with Gasteiger partial charge in [0.05, 0.1) is 0 Å². The van der Waals surface area contributed by atoms with E-state index in [0.29, 0.717) is 10.0 Å². The molecule has 108 valence electrons. The zero-order valence-electron chi connectivity index (χ0n) is 11.7. The minimum absolute atomic E-state index is 0.156. The maximum absolute atomic E-state index is 6.25. The third-order valence-corrected chi connectivity index (χ3v) is 4.27. The van der Waals surface area contributed by atoms with Crippen molar-refractivity contribution in [3.63, 3.8) is 0 Å². The highest BCUT2D eigenvalue weighted by Gasteiger charge is 2.11. The van der Waals surface area contributed by atoms with Crippen molar-refractivity contribution < 1.29 is 0 Å². The summed E-state index contributed by atoms with van der Waals surface area (Å²) >= 11 is 12.2. The van der Waals surface area contributed by atoms with E-state index < -0.39 is 0 Å². The van der Waals surface area contributed by atoms with Gasteiger partial charge >= 0.3 is 0 Å². The lowest BCUT2D eigenvalue weighted by Crippen LogP contribution is -2.18. The Labute approximate surface area is 134 Å². The fourth-order valence-electron chi connectivity index (χ4n) is 2.50. The van der Waals surface area contributed by atoms with Gasteiger partial charge in [-0.3, -0.25) is 0 Å². The standard InChI is InChI=1S/C17H16Cl2N2/c1-11(14-7-6-13(18)8-16(14)19)20-9-12-10-21-17-5-3-2-4-15(12)17/h2-8,10-11,20-21H,9H2,1H3. The van der Waals surface area contributed by atoms with Crippen LogP contribution in [0.5, 0.6) is 0 Å². The number of hydrogen-bond acceptors (Lipinski definition) is 1. The second-order valence-electron chi connectivity index (χ2n) is 5.13. The first kappa shape index (κ1) is 14.5. The Hall–Kier alpha value is -1.48. The second-order valence-corrected chi connectivity index (χ2v) is 5.97. The molecule has 0 radical (unpaired) electrons. The number of rotatable bonds is 4. The molecule has 2 N–H and O–H groups in total. The maximum atomic E-state index is 6.25. The van der Waals surface area contributed by atoms with Crippen LogP contribution in [0.1, 0.15) is 24.1 Å². The summed E-state index contributed by atoms with van der Waals surface area (Å²) in [5.74, 6) is 0. The molecule has 3 aromatic rings. The summed E-state index contributed by atoms with van der Waals surface area (Å²) in [5.41, 5.74) is 3.47.